The van der Waals surface area contributed by atoms with Gasteiger partial charge in [0.2, 0.25) is 0 Å². The predicted octanol–water partition coefficient (Wildman–Crippen LogP) is 4.66. The fraction of sp³-hybridized carbons (Fsp3) is 1.00. The first-order valence-corrected chi connectivity index (χ1v) is 5.72. The van der Waals surface area contributed by atoms with Crippen molar-refractivity contribution in [2.75, 3.05) is 0 Å². The molecule has 0 N–H and O–H groups in total. The number of ether oxygens (including phenoxy) is 2. The van der Waals surface area contributed by atoms with E-state index in [9.17, 15) is 17.6 Å². The lowest BCUT2D eigenvalue weighted by atomic mass is 10.3. The third-order valence-electron chi connectivity index (χ3n) is 1.63. The fourth-order valence-corrected chi connectivity index (χ4v) is 1.92. The molecule has 1 aliphatic rings. The first-order valence-electron chi connectivity index (χ1n) is 3.46. The van der Waals surface area contributed by atoms with E-state index >= 15 is 0 Å². The monoisotopic (exact) mass is 378 g/mol. The Bertz CT molecular complexity index is 291. The zero-order valence-corrected chi connectivity index (χ0v) is 11.6. The third-order valence-corrected chi connectivity index (χ3v) is 3.89. The van der Waals surface area contributed by atoms with Gasteiger partial charge in [0.05, 0.1) is 0 Å². The van der Waals surface area contributed by atoms with Crippen molar-refractivity contribution in [2.24, 2.45) is 0 Å². The summed E-state index contributed by atoms with van der Waals surface area (Å²) in [7, 11) is 0. The van der Waals surface area contributed by atoms with Crippen molar-refractivity contribution in [1.29, 1.82) is 0 Å². The van der Waals surface area contributed by atoms with Gasteiger partial charge in [0, 0.05) is 0 Å². The van der Waals surface area contributed by atoms with E-state index in [1.165, 1.54) is 0 Å². The van der Waals surface area contributed by atoms with Crippen LogP contribution < -0.4 is 0 Å². The van der Waals surface area contributed by atoms with Gasteiger partial charge in [0.1, 0.15) is 0 Å². The van der Waals surface area contributed by atoms with E-state index < -0.39 is 25.6 Å². The van der Waals surface area contributed by atoms with Gasteiger partial charge in [-0.1, -0.05) is 46.4 Å². The van der Waals surface area contributed by atoms with Gasteiger partial charge in [-0.3, -0.25) is 9.47 Å². The maximum absolute atomic E-state index is 13.0. The molecule has 1 rings (SSSR count). The van der Waals surface area contributed by atoms with Crippen LogP contribution >= 0.6 is 69.6 Å². The summed E-state index contributed by atoms with van der Waals surface area (Å²) in [6.45, 7) is 0. The van der Waals surface area contributed by atoms with Gasteiger partial charge in [-0.05, 0) is 23.2 Å². The van der Waals surface area contributed by atoms with Crippen molar-refractivity contribution in [3.05, 3.63) is 0 Å². The van der Waals surface area contributed by atoms with Gasteiger partial charge in [-0.25, -0.2) is 0 Å². The van der Waals surface area contributed by atoms with Crippen LogP contribution in [0.2, 0.25) is 0 Å². The summed E-state index contributed by atoms with van der Waals surface area (Å²) in [5.74, 6) is -4.23. The Morgan fingerprint density at radius 2 is 0.941 bits per heavy atom. The first-order chi connectivity index (χ1) is 7.16. The van der Waals surface area contributed by atoms with Crippen LogP contribution in [0.1, 0.15) is 0 Å². The molecule has 2 nitrogen and oxygen atoms in total. The highest BCUT2D eigenvalue weighted by atomic mass is 35.5. The van der Waals surface area contributed by atoms with Crippen LogP contribution in [-0.2, 0) is 9.47 Å². The van der Waals surface area contributed by atoms with Crippen molar-refractivity contribution in [3.8, 4) is 0 Å². The second kappa shape index (κ2) is 4.19. The molecule has 1 fully saturated rings. The Labute approximate surface area is 122 Å². The summed E-state index contributed by atoms with van der Waals surface area (Å²) in [6, 6.07) is 0. The van der Waals surface area contributed by atoms with Crippen LogP contribution in [0.5, 0.6) is 0 Å². The largest absolute Gasteiger partial charge is 0.382 e. The Hall–Kier alpha value is 1.38. The second-order valence-corrected chi connectivity index (χ2v) is 6.32. The highest BCUT2D eigenvalue weighted by molar-refractivity contribution is 6.61. The summed E-state index contributed by atoms with van der Waals surface area (Å²) in [5.41, 5.74) is 0. The standard InChI is InChI=1S/C5Cl6F4O2/c6-2(7)3(8,9)17-1(16-2,4(10,12)13)5(11,14)15. The molecule has 0 aromatic carbocycles. The van der Waals surface area contributed by atoms with Gasteiger partial charge < -0.3 is 0 Å². The Kier molecular flexibility index (Phi) is 4.05. The molecule has 0 aromatic heterocycles. The number of hydrogen-bond donors (Lipinski definition) is 0. The minimum absolute atomic E-state index is 2.94. The molecule has 0 unspecified atom stereocenters. The van der Waals surface area contributed by atoms with E-state index in [1.54, 1.807) is 0 Å². The first kappa shape index (κ1) is 16.4. The molecule has 1 heterocycles. The van der Waals surface area contributed by atoms with Crippen molar-refractivity contribution >= 4 is 69.6 Å². The van der Waals surface area contributed by atoms with E-state index in [2.05, 4.69) is 32.7 Å². The van der Waals surface area contributed by atoms with Gasteiger partial charge >= 0.3 is 16.6 Å². The van der Waals surface area contributed by atoms with Crippen LogP contribution in [0.15, 0.2) is 0 Å². The van der Waals surface area contributed by atoms with Gasteiger partial charge in [-0.15, -0.1) is 0 Å². The molecule has 0 spiro atoms. The maximum Gasteiger partial charge on any atom is 0.382 e. The minimum Gasteiger partial charge on any atom is -0.296 e. The van der Waals surface area contributed by atoms with Crippen LogP contribution in [-0.4, -0.2) is 25.6 Å². The van der Waals surface area contributed by atoms with E-state index in [-0.39, 0.29) is 0 Å². The number of halogens is 10. The second-order valence-electron chi connectivity index (χ2n) is 2.85. The normalized spacial score (nSPS) is 27.2. The SMILES string of the molecule is FC(F)(Cl)C1(C(F)(F)Cl)OC(Cl)(Cl)C(Cl)(Cl)O1. The van der Waals surface area contributed by atoms with E-state index in [4.69, 9.17) is 46.4 Å². The predicted molar refractivity (Wildman–Crippen MR) is 55.4 cm³/mol. The topological polar surface area (TPSA) is 18.5 Å². The van der Waals surface area contributed by atoms with Gasteiger partial charge in [0.25, 0.3) is 9.04 Å². The van der Waals surface area contributed by atoms with Crippen molar-refractivity contribution < 1.29 is 27.0 Å². The summed E-state index contributed by atoms with van der Waals surface area (Å²) in [5, 5.41) is -9.64. The Morgan fingerprint density at radius 1 is 0.706 bits per heavy atom. The summed E-state index contributed by atoms with van der Waals surface area (Å²) in [4.78, 5) is 0. The van der Waals surface area contributed by atoms with E-state index in [0.717, 1.165) is 0 Å². The highest BCUT2D eigenvalue weighted by Gasteiger charge is 2.82. The van der Waals surface area contributed by atoms with E-state index in [0.29, 0.717) is 0 Å². The lowest BCUT2D eigenvalue weighted by molar-refractivity contribution is -0.331. The van der Waals surface area contributed by atoms with E-state index in [1.807, 2.05) is 0 Å². The minimum atomic E-state index is -4.82. The molecule has 0 amide bonds. The van der Waals surface area contributed by atoms with Crippen LogP contribution in [0.3, 0.4) is 0 Å². The molecule has 1 saturated heterocycles. The van der Waals surface area contributed by atoms with Crippen molar-refractivity contribution in [2.45, 2.75) is 25.6 Å². The molecule has 0 aliphatic carbocycles. The fourth-order valence-electron chi connectivity index (χ4n) is 0.893. The molecule has 1 aliphatic heterocycles. The van der Waals surface area contributed by atoms with Crippen LogP contribution in [0.4, 0.5) is 17.6 Å². The Balaban J connectivity index is 3.34. The molecule has 0 bridgehead atoms. The van der Waals surface area contributed by atoms with Crippen LogP contribution in [0, 0.1) is 0 Å². The lowest BCUT2D eigenvalue weighted by Gasteiger charge is -2.33. The van der Waals surface area contributed by atoms with Crippen LogP contribution in [0.25, 0.3) is 0 Å². The quantitative estimate of drug-likeness (QED) is 0.512. The van der Waals surface area contributed by atoms with Crippen molar-refractivity contribution in [1.82, 2.24) is 0 Å². The average Bonchev–Trinajstić information content (AvgIpc) is 2.15. The molecule has 0 saturated carbocycles. The highest BCUT2D eigenvalue weighted by Crippen LogP contribution is 2.63. The molecule has 0 atom stereocenters. The zero-order chi connectivity index (χ0) is 13.9. The summed E-state index contributed by atoms with van der Waals surface area (Å²) < 4.78 is 54.0. The molecule has 102 valence electrons. The maximum atomic E-state index is 13.0. The molecular weight excluding hydrogens is 381 g/mol. The molecular formula is C5Cl6F4O2. The molecule has 17 heavy (non-hydrogen) atoms. The summed E-state index contributed by atoms with van der Waals surface area (Å²) >= 11 is 29.8. The molecule has 12 heteroatoms. The molecule has 0 aromatic rings. The molecule has 0 radical (unpaired) electrons. The van der Waals surface area contributed by atoms with Crippen molar-refractivity contribution in [3.63, 3.8) is 0 Å². The Morgan fingerprint density at radius 3 is 1.06 bits per heavy atom. The lowest BCUT2D eigenvalue weighted by Crippen LogP contribution is -2.57. The zero-order valence-electron chi connectivity index (χ0n) is 7.10. The smallest absolute Gasteiger partial charge is 0.296 e. The third kappa shape index (κ3) is 2.52. The summed E-state index contributed by atoms with van der Waals surface area (Å²) in [6.07, 6.45) is 0. The number of hydrogen-bond acceptors (Lipinski definition) is 2. The average molecular weight is 381 g/mol. The number of alkyl halides is 10. The van der Waals surface area contributed by atoms with Gasteiger partial charge in [-0.2, -0.15) is 17.6 Å². The number of rotatable bonds is 2. The van der Waals surface area contributed by atoms with Gasteiger partial charge in [0.15, 0.2) is 0 Å².